The average Bonchev–Trinajstić information content (AvgIpc) is 2.65. The molecule has 0 bridgehead atoms. The number of carboxylic acids is 1. The highest BCUT2D eigenvalue weighted by molar-refractivity contribution is 6.04. The summed E-state index contributed by atoms with van der Waals surface area (Å²) in [6.45, 7) is 2.37. The van der Waals surface area contributed by atoms with Gasteiger partial charge in [0, 0.05) is 17.8 Å². The second-order valence-electron chi connectivity index (χ2n) is 5.94. The van der Waals surface area contributed by atoms with Crippen molar-refractivity contribution in [2.45, 2.75) is 32.4 Å². The molecule has 0 aromatic heterocycles. The van der Waals surface area contributed by atoms with Crippen molar-refractivity contribution in [3.8, 4) is 5.75 Å². The molecule has 0 heterocycles. The van der Waals surface area contributed by atoms with E-state index < -0.39 is 12.0 Å². The molecule has 1 unspecified atom stereocenters. The molecule has 0 saturated carbocycles. The van der Waals surface area contributed by atoms with Crippen LogP contribution in [-0.2, 0) is 11.3 Å². The number of carbonyl (C=O) groups is 2. The van der Waals surface area contributed by atoms with Gasteiger partial charge in [-0.1, -0.05) is 25.5 Å². The molecule has 2 aromatic rings. The Kier molecular flexibility index (Phi) is 7.17. The van der Waals surface area contributed by atoms with E-state index in [1.54, 1.807) is 37.4 Å². The van der Waals surface area contributed by atoms with E-state index in [9.17, 15) is 14.7 Å². The Morgan fingerprint density at radius 1 is 1.15 bits per heavy atom. The van der Waals surface area contributed by atoms with Gasteiger partial charge in [0.25, 0.3) is 5.91 Å². The second kappa shape index (κ2) is 9.58. The molecular weight excluding hydrogens is 332 g/mol. The molecule has 0 radical (unpaired) electrons. The summed E-state index contributed by atoms with van der Waals surface area (Å²) in [6, 6.07) is 13.6. The monoisotopic (exact) mass is 356 g/mol. The van der Waals surface area contributed by atoms with Crippen molar-refractivity contribution in [1.82, 2.24) is 5.32 Å². The predicted octanol–water partition coefficient (Wildman–Crippen LogP) is 3.29. The number of benzene rings is 2. The van der Waals surface area contributed by atoms with Gasteiger partial charge in [0.15, 0.2) is 0 Å². The number of aliphatic carboxylic acids is 1. The summed E-state index contributed by atoms with van der Waals surface area (Å²) in [7, 11) is 1.57. The number of ether oxygens (including phenoxy) is 1. The van der Waals surface area contributed by atoms with E-state index in [0.29, 0.717) is 30.0 Å². The molecule has 2 rings (SSSR count). The number of methoxy groups -OCH3 is 1. The van der Waals surface area contributed by atoms with Crippen LogP contribution in [0.15, 0.2) is 48.5 Å². The Bertz CT molecular complexity index is 744. The van der Waals surface area contributed by atoms with Crippen molar-refractivity contribution < 1.29 is 19.4 Å². The third-order valence-corrected chi connectivity index (χ3v) is 3.97. The normalized spacial score (nSPS) is 11.6. The molecule has 1 atom stereocenters. The van der Waals surface area contributed by atoms with E-state index in [1.807, 2.05) is 25.1 Å². The first kappa shape index (κ1) is 19.5. The van der Waals surface area contributed by atoms with Gasteiger partial charge >= 0.3 is 5.97 Å². The van der Waals surface area contributed by atoms with E-state index >= 15 is 0 Å². The summed E-state index contributed by atoms with van der Waals surface area (Å²) in [5.74, 6) is -0.377. The van der Waals surface area contributed by atoms with Crippen molar-refractivity contribution in [3.63, 3.8) is 0 Å². The van der Waals surface area contributed by atoms with Crippen molar-refractivity contribution in [3.05, 3.63) is 59.7 Å². The Morgan fingerprint density at radius 3 is 2.50 bits per heavy atom. The SMILES string of the molecule is CCCC(NCc1cccc(NC(=O)c2ccc(OC)cc2)c1)C(=O)O. The Morgan fingerprint density at radius 2 is 1.88 bits per heavy atom. The third kappa shape index (κ3) is 5.60. The number of rotatable bonds is 9. The van der Waals surface area contributed by atoms with E-state index in [2.05, 4.69) is 10.6 Å². The van der Waals surface area contributed by atoms with Gasteiger partial charge < -0.3 is 20.5 Å². The maximum atomic E-state index is 12.3. The quantitative estimate of drug-likeness (QED) is 0.642. The van der Waals surface area contributed by atoms with Crippen LogP contribution in [0.1, 0.15) is 35.7 Å². The first-order valence-corrected chi connectivity index (χ1v) is 8.54. The smallest absolute Gasteiger partial charge is 0.320 e. The van der Waals surface area contributed by atoms with Gasteiger partial charge in [-0.15, -0.1) is 0 Å². The molecule has 0 fully saturated rings. The highest BCUT2D eigenvalue weighted by atomic mass is 16.5. The minimum atomic E-state index is -0.851. The summed E-state index contributed by atoms with van der Waals surface area (Å²) in [4.78, 5) is 23.5. The van der Waals surface area contributed by atoms with E-state index in [4.69, 9.17) is 4.74 Å². The molecule has 0 aliphatic rings. The number of hydrogen-bond acceptors (Lipinski definition) is 4. The first-order chi connectivity index (χ1) is 12.5. The fourth-order valence-corrected chi connectivity index (χ4v) is 2.55. The summed E-state index contributed by atoms with van der Waals surface area (Å²) < 4.78 is 5.08. The third-order valence-electron chi connectivity index (χ3n) is 3.97. The lowest BCUT2D eigenvalue weighted by Gasteiger charge is -2.14. The molecule has 6 nitrogen and oxygen atoms in total. The molecule has 0 aliphatic carbocycles. The van der Waals surface area contributed by atoms with Crippen LogP contribution >= 0.6 is 0 Å². The Hall–Kier alpha value is -2.86. The number of anilines is 1. The van der Waals surface area contributed by atoms with E-state index in [-0.39, 0.29) is 5.91 Å². The standard InChI is InChI=1S/C20H24N2O4/c1-3-5-18(20(24)25)21-13-14-6-4-7-16(12-14)22-19(23)15-8-10-17(26-2)11-9-15/h4,6-12,18,21H,3,5,13H2,1-2H3,(H,22,23)(H,24,25). The number of carboxylic acid groups (broad SMARTS) is 1. The van der Waals surface area contributed by atoms with Gasteiger partial charge in [-0.25, -0.2) is 0 Å². The number of amides is 1. The zero-order chi connectivity index (χ0) is 18.9. The number of hydrogen-bond donors (Lipinski definition) is 3. The summed E-state index contributed by atoms with van der Waals surface area (Å²) in [6.07, 6.45) is 1.37. The molecule has 1 amide bonds. The maximum Gasteiger partial charge on any atom is 0.320 e. The molecule has 0 aliphatic heterocycles. The maximum absolute atomic E-state index is 12.3. The topological polar surface area (TPSA) is 87.7 Å². The van der Waals surface area contributed by atoms with Crippen LogP contribution in [0.5, 0.6) is 5.75 Å². The van der Waals surface area contributed by atoms with Crippen LogP contribution in [-0.4, -0.2) is 30.1 Å². The lowest BCUT2D eigenvalue weighted by atomic mass is 10.1. The molecule has 26 heavy (non-hydrogen) atoms. The second-order valence-corrected chi connectivity index (χ2v) is 5.94. The van der Waals surface area contributed by atoms with Gasteiger partial charge in [0.2, 0.25) is 0 Å². The highest BCUT2D eigenvalue weighted by Crippen LogP contribution is 2.15. The fourth-order valence-electron chi connectivity index (χ4n) is 2.55. The first-order valence-electron chi connectivity index (χ1n) is 8.54. The Labute approximate surface area is 153 Å². The van der Waals surface area contributed by atoms with Crippen LogP contribution < -0.4 is 15.4 Å². The molecule has 0 spiro atoms. The lowest BCUT2D eigenvalue weighted by molar-refractivity contribution is -0.139. The summed E-state index contributed by atoms with van der Waals surface area (Å²) in [5, 5.41) is 15.1. The molecule has 0 saturated heterocycles. The molecular formula is C20H24N2O4. The van der Waals surface area contributed by atoms with E-state index in [0.717, 1.165) is 12.0 Å². The lowest BCUT2D eigenvalue weighted by Crippen LogP contribution is -2.36. The molecule has 2 aromatic carbocycles. The number of nitrogens with one attached hydrogen (secondary N) is 2. The van der Waals surface area contributed by atoms with Gasteiger partial charge in [0.1, 0.15) is 11.8 Å². The summed E-state index contributed by atoms with van der Waals surface area (Å²) >= 11 is 0. The van der Waals surface area contributed by atoms with Crippen molar-refractivity contribution in [2.75, 3.05) is 12.4 Å². The van der Waals surface area contributed by atoms with Gasteiger partial charge in [-0.2, -0.15) is 0 Å². The molecule has 6 heteroatoms. The van der Waals surface area contributed by atoms with Crippen LogP contribution in [0.2, 0.25) is 0 Å². The molecule has 138 valence electrons. The summed E-state index contributed by atoms with van der Waals surface area (Å²) in [5.41, 5.74) is 2.09. The largest absolute Gasteiger partial charge is 0.497 e. The van der Waals surface area contributed by atoms with Crippen molar-refractivity contribution >= 4 is 17.6 Å². The zero-order valence-electron chi connectivity index (χ0n) is 15.0. The van der Waals surface area contributed by atoms with Gasteiger partial charge in [-0.05, 0) is 48.4 Å². The van der Waals surface area contributed by atoms with Crippen LogP contribution in [0.3, 0.4) is 0 Å². The van der Waals surface area contributed by atoms with Crippen molar-refractivity contribution in [2.24, 2.45) is 0 Å². The van der Waals surface area contributed by atoms with E-state index in [1.165, 1.54) is 0 Å². The predicted molar refractivity (Wildman–Crippen MR) is 101 cm³/mol. The van der Waals surface area contributed by atoms with Crippen LogP contribution in [0.4, 0.5) is 5.69 Å². The van der Waals surface area contributed by atoms with Gasteiger partial charge in [-0.3, -0.25) is 9.59 Å². The highest BCUT2D eigenvalue weighted by Gasteiger charge is 2.15. The van der Waals surface area contributed by atoms with Crippen molar-refractivity contribution in [1.29, 1.82) is 0 Å². The number of carbonyl (C=O) groups excluding carboxylic acids is 1. The average molecular weight is 356 g/mol. The molecule has 3 N–H and O–H groups in total. The fraction of sp³-hybridized carbons (Fsp3) is 0.300. The van der Waals surface area contributed by atoms with Crippen LogP contribution in [0.25, 0.3) is 0 Å². The van der Waals surface area contributed by atoms with Gasteiger partial charge in [0.05, 0.1) is 7.11 Å². The van der Waals surface area contributed by atoms with Crippen LogP contribution in [0, 0.1) is 0 Å². The minimum Gasteiger partial charge on any atom is -0.497 e. The minimum absolute atomic E-state index is 0.216. The zero-order valence-corrected chi connectivity index (χ0v) is 15.0. The Balaban J connectivity index is 1.99.